The number of rotatable bonds is 6. The molecule has 1 aromatic carbocycles. The molecule has 0 heterocycles. The average Bonchev–Trinajstić information content (AvgIpc) is 2.45. The van der Waals surface area contributed by atoms with E-state index in [9.17, 15) is 0 Å². The predicted octanol–water partition coefficient (Wildman–Crippen LogP) is 6.01. The first-order valence-electron chi connectivity index (χ1n) is 8.08. The van der Waals surface area contributed by atoms with E-state index in [0.29, 0.717) is 0 Å². The van der Waals surface area contributed by atoms with Crippen molar-refractivity contribution in [2.45, 2.75) is 65.2 Å². The van der Waals surface area contributed by atoms with Crippen molar-refractivity contribution in [2.75, 3.05) is 0 Å². The number of hydrogen-bond acceptors (Lipinski definition) is 0. The summed E-state index contributed by atoms with van der Waals surface area (Å²) in [7, 11) is 0. The Kier molecular flexibility index (Phi) is 5.69. The van der Waals surface area contributed by atoms with E-state index in [2.05, 4.69) is 44.2 Å². The van der Waals surface area contributed by atoms with E-state index >= 15 is 0 Å². The van der Waals surface area contributed by atoms with Crippen LogP contribution in [0.3, 0.4) is 0 Å². The Morgan fingerprint density at radius 1 is 1.05 bits per heavy atom. The van der Waals surface area contributed by atoms with Crippen molar-refractivity contribution in [3.8, 4) is 0 Å². The summed E-state index contributed by atoms with van der Waals surface area (Å²) in [6.07, 6.45) is 13.0. The zero-order valence-corrected chi connectivity index (χ0v) is 12.6. The SMILES string of the molecule is CCCCCCc1ccc(C2=CCC(C)CC2)cc1. The van der Waals surface area contributed by atoms with Gasteiger partial charge in [-0.15, -0.1) is 0 Å². The second kappa shape index (κ2) is 7.53. The van der Waals surface area contributed by atoms with E-state index in [1.54, 1.807) is 5.57 Å². The number of allylic oxidation sites excluding steroid dienone is 2. The molecule has 0 aliphatic heterocycles. The van der Waals surface area contributed by atoms with Gasteiger partial charge in [0.1, 0.15) is 0 Å². The normalized spacial score (nSPS) is 19.3. The minimum absolute atomic E-state index is 0.876. The van der Waals surface area contributed by atoms with Gasteiger partial charge in [0, 0.05) is 0 Å². The van der Waals surface area contributed by atoms with Crippen molar-refractivity contribution >= 4 is 5.57 Å². The largest absolute Gasteiger partial charge is 0.0805 e. The fourth-order valence-corrected chi connectivity index (χ4v) is 2.87. The lowest BCUT2D eigenvalue weighted by atomic mass is 9.87. The van der Waals surface area contributed by atoms with Crippen LogP contribution >= 0.6 is 0 Å². The third-order valence-electron chi connectivity index (χ3n) is 4.32. The summed E-state index contributed by atoms with van der Waals surface area (Å²) in [5.74, 6) is 0.876. The Hall–Kier alpha value is -1.04. The van der Waals surface area contributed by atoms with Gasteiger partial charge >= 0.3 is 0 Å². The maximum Gasteiger partial charge on any atom is -0.0228 e. The van der Waals surface area contributed by atoms with Gasteiger partial charge in [0.2, 0.25) is 0 Å². The molecule has 0 heteroatoms. The van der Waals surface area contributed by atoms with Crippen LogP contribution in [0.15, 0.2) is 30.3 Å². The molecule has 1 aromatic rings. The van der Waals surface area contributed by atoms with E-state index in [-0.39, 0.29) is 0 Å². The molecule has 2 rings (SSSR count). The lowest BCUT2D eigenvalue weighted by molar-refractivity contribution is 0.534. The highest BCUT2D eigenvalue weighted by molar-refractivity contribution is 5.66. The first kappa shape index (κ1) is 14.4. The summed E-state index contributed by atoms with van der Waals surface area (Å²) in [6, 6.07) is 9.33. The van der Waals surface area contributed by atoms with Crippen LogP contribution in [0.1, 0.15) is 69.9 Å². The first-order valence-corrected chi connectivity index (χ1v) is 8.08. The van der Waals surface area contributed by atoms with Crippen molar-refractivity contribution in [3.05, 3.63) is 41.5 Å². The molecule has 104 valence electrons. The van der Waals surface area contributed by atoms with Gasteiger partial charge in [-0.2, -0.15) is 0 Å². The standard InChI is InChI=1S/C19H28/c1-3-4-5-6-7-17-10-14-19(15-11-17)18-12-8-16(2)9-13-18/h10-12,14-16H,3-9,13H2,1-2H3. The Labute approximate surface area is 118 Å². The van der Waals surface area contributed by atoms with Gasteiger partial charge in [-0.25, -0.2) is 0 Å². The molecule has 0 spiro atoms. The minimum Gasteiger partial charge on any atom is -0.0805 e. The Bertz CT molecular complexity index is 397. The number of unbranched alkanes of at least 4 members (excludes halogenated alkanes) is 3. The van der Waals surface area contributed by atoms with Gasteiger partial charge in [-0.1, -0.05) is 63.5 Å². The topological polar surface area (TPSA) is 0 Å². The zero-order chi connectivity index (χ0) is 13.5. The molecule has 0 saturated carbocycles. The highest BCUT2D eigenvalue weighted by atomic mass is 14.2. The summed E-state index contributed by atoms with van der Waals surface area (Å²) in [5.41, 5.74) is 4.52. The monoisotopic (exact) mass is 256 g/mol. The van der Waals surface area contributed by atoms with Crippen molar-refractivity contribution in [1.29, 1.82) is 0 Å². The highest BCUT2D eigenvalue weighted by Gasteiger charge is 2.11. The molecule has 1 aliphatic rings. The maximum absolute atomic E-state index is 2.45. The molecule has 0 aromatic heterocycles. The van der Waals surface area contributed by atoms with E-state index in [4.69, 9.17) is 0 Å². The van der Waals surface area contributed by atoms with E-state index in [0.717, 1.165) is 5.92 Å². The molecule has 19 heavy (non-hydrogen) atoms. The molecule has 0 saturated heterocycles. The van der Waals surface area contributed by atoms with E-state index in [1.807, 2.05) is 0 Å². The lowest BCUT2D eigenvalue weighted by Crippen LogP contribution is -2.01. The van der Waals surface area contributed by atoms with Gasteiger partial charge < -0.3 is 0 Å². The summed E-state index contributed by atoms with van der Waals surface area (Å²) in [6.45, 7) is 4.63. The van der Waals surface area contributed by atoms with Crippen molar-refractivity contribution in [2.24, 2.45) is 5.92 Å². The third kappa shape index (κ3) is 4.53. The number of hydrogen-bond donors (Lipinski definition) is 0. The van der Waals surface area contributed by atoms with Gasteiger partial charge in [0.25, 0.3) is 0 Å². The molecule has 1 atom stereocenters. The van der Waals surface area contributed by atoms with Crippen LogP contribution in [0.2, 0.25) is 0 Å². The van der Waals surface area contributed by atoms with Gasteiger partial charge in [0.15, 0.2) is 0 Å². The molecule has 0 amide bonds. The molecule has 1 unspecified atom stereocenters. The predicted molar refractivity (Wildman–Crippen MR) is 85.3 cm³/mol. The fourth-order valence-electron chi connectivity index (χ4n) is 2.87. The summed E-state index contributed by atoms with van der Waals surface area (Å²) >= 11 is 0. The van der Waals surface area contributed by atoms with Crippen LogP contribution in [0.5, 0.6) is 0 Å². The molecule has 1 aliphatic carbocycles. The van der Waals surface area contributed by atoms with Gasteiger partial charge in [-0.3, -0.25) is 0 Å². The molecular formula is C19H28. The van der Waals surface area contributed by atoms with Crippen molar-refractivity contribution in [3.63, 3.8) is 0 Å². The third-order valence-corrected chi connectivity index (χ3v) is 4.32. The van der Waals surface area contributed by atoms with Gasteiger partial charge in [-0.05, 0) is 54.7 Å². The lowest BCUT2D eigenvalue weighted by Gasteiger charge is -2.18. The maximum atomic E-state index is 2.45. The summed E-state index contributed by atoms with van der Waals surface area (Å²) in [4.78, 5) is 0. The molecule has 0 radical (unpaired) electrons. The van der Waals surface area contributed by atoms with Crippen LogP contribution in [-0.4, -0.2) is 0 Å². The fraction of sp³-hybridized carbons (Fsp3) is 0.579. The highest BCUT2D eigenvalue weighted by Crippen LogP contribution is 2.29. The van der Waals surface area contributed by atoms with Crippen LogP contribution in [0, 0.1) is 5.92 Å². The summed E-state index contributed by atoms with van der Waals surface area (Å²) in [5, 5.41) is 0. The number of aryl methyl sites for hydroxylation is 1. The smallest absolute Gasteiger partial charge is 0.0228 e. The molecule has 0 fully saturated rings. The molecule has 0 nitrogen and oxygen atoms in total. The molecule has 0 bridgehead atoms. The molecule has 0 N–H and O–H groups in total. The minimum atomic E-state index is 0.876. The van der Waals surface area contributed by atoms with E-state index < -0.39 is 0 Å². The second-order valence-corrected chi connectivity index (χ2v) is 6.12. The Morgan fingerprint density at radius 2 is 1.84 bits per heavy atom. The van der Waals surface area contributed by atoms with Gasteiger partial charge in [0.05, 0.1) is 0 Å². The first-order chi connectivity index (χ1) is 9.29. The average molecular weight is 256 g/mol. The quantitative estimate of drug-likeness (QED) is 0.546. The molecular weight excluding hydrogens is 228 g/mol. The zero-order valence-electron chi connectivity index (χ0n) is 12.6. The van der Waals surface area contributed by atoms with Crippen LogP contribution in [-0.2, 0) is 6.42 Å². The van der Waals surface area contributed by atoms with Crippen molar-refractivity contribution in [1.82, 2.24) is 0 Å². The van der Waals surface area contributed by atoms with Crippen LogP contribution in [0.25, 0.3) is 5.57 Å². The second-order valence-electron chi connectivity index (χ2n) is 6.12. The Balaban J connectivity index is 1.87. The van der Waals surface area contributed by atoms with Crippen molar-refractivity contribution < 1.29 is 0 Å². The summed E-state index contributed by atoms with van der Waals surface area (Å²) < 4.78 is 0. The Morgan fingerprint density at radius 3 is 2.47 bits per heavy atom. The number of benzene rings is 1. The van der Waals surface area contributed by atoms with E-state index in [1.165, 1.54) is 62.5 Å². The van der Waals surface area contributed by atoms with Crippen LogP contribution in [0.4, 0.5) is 0 Å². The van der Waals surface area contributed by atoms with Crippen LogP contribution < -0.4 is 0 Å².